The molecule has 0 spiro atoms. The molecule has 0 aliphatic carbocycles. The first kappa shape index (κ1) is 17.5. The maximum atomic E-state index is 12.1. The van der Waals surface area contributed by atoms with E-state index < -0.39 is 11.4 Å². The lowest BCUT2D eigenvalue weighted by Crippen LogP contribution is -2.38. The molecule has 0 aliphatic heterocycles. The van der Waals surface area contributed by atoms with Crippen molar-refractivity contribution in [3.8, 4) is 5.75 Å². The average molecular weight is 333 g/mol. The molecule has 0 saturated carbocycles. The van der Waals surface area contributed by atoms with Crippen LogP contribution < -0.4 is 10.1 Å². The second kappa shape index (κ2) is 7.12. The number of hydrogen-bond acceptors (Lipinski definition) is 6. The van der Waals surface area contributed by atoms with Crippen LogP contribution in [0.2, 0.25) is 0 Å². The van der Waals surface area contributed by atoms with Gasteiger partial charge in [0, 0.05) is 19.0 Å². The van der Waals surface area contributed by atoms with E-state index in [1.54, 1.807) is 45.0 Å². The Balaban J connectivity index is 1.96. The molecule has 2 N–H and O–H groups in total. The number of carbonyl (C=O) groups is 2. The minimum absolute atomic E-state index is 0.0222. The predicted molar refractivity (Wildman–Crippen MR) is 83.6 cm³/mol. The zero-order valence-corrected chi connectivity index (χ0v) is 13.7. The van der Waals surface area contributed by atoms with Gasteiger partial charge in [-0.1, -0.05) is 11.2 Å². The van der Waals surface area contributed by atoms with Crippen LogP contribution in [0.3, 0.4) is 0 Å². The average Bonchev–Trinajstić information content (AvgIpc) is 2.96. The summed E-state index contributed by atoms with van der Waals surface area (Å²) < 4.78 is 10.4. The Labute approximate surface area is 138 Å². The number of nitrogens with one attached hydrogen (secondary N) is 1. The number of aryl methyl sites for hydroxylation is 1. The second-order valence-electron chi connectivity index (χ2n) is 5.92. The molecule has 128 valence electrons. The molecular weight excluding hydrogens is 314 g/mol. The molecule has 8 nitrogen and oxygen atoms in total. The van der Waals surface area contributed by atoms with Crippen molar-refractivity contribution in [2.75, 3.05) is 6.54 Å². The Morgan fingerprint density at radius 3 is 2.75 bits per heavy atom. The van der Waals surface area contributed by atoms with Crippen LogP contribution in [-0.2, 0) is 11.4 Å². The van der Waals surface area contributed by atoms with Gasteiger partial charge in [-0.3, -0.25) is 9.59 Å². The Hall–Kier alpha value is -2.90. The van der Waals surface area contributed by atoms with E-state index in [9.17, 15) is 9.59 Å². The van der Waals surface area contributed by atoms with E-state index in [4.69, 9.17) is 14.4 Å². The Bertz CT molecular complexity index is 739. The van der Waals surface area contributed by atoms with Crippen molar-refractivity contribution in [3.63, 3.8) is 0 Å². The first-order chi connectivity index (χ1) is 11.3. The van der Waals surface area contributed by atoms with Crippen molar-refractivity contribution in [2.24, 2.45) is 5.41 Å². The number of rotatable bonds is 7. The van der Waals surface area contributed by atoms with Crippen molar-refractivity contribution in [1.29, 1.82) is 0 Å². The topological polar surface area (TPSA) is 115 Å². The third-order valence-corrected chi connectivity index (χ3v) is 3.30. The number of carboxylic acids is 1. The molecule has 2 aromatic rings. The smallest absolute Gasteiger partial charge is 0.310 e. The van der Waals surface area contributed by atoms with E-state index in [1.165, 1.54) is 0 Å². The fourth-order valence-corrected chi connectivity index (χ4v) is 1.75. The van der Waals surface area contributed by atoms with Crippen LogP contribution in [0.1, 0.15) is 35.9 Å². The Morgan fingerprint density at radius 2 is 2.12 bits per heavy atom. The van der Waals surface area contributed by atoms with Crippen LogP contribution >= 0.6 is 0 Å². The summed E-state index contributed by atoms with van der Waals surface area (Å²) in [6.45, 7) is 4.91. The van der Waals surface area contributed by atoms with Gasteiger partial charge in [0.15, 0.2) is 6.61 Å². The standard InChI is InChI=1S/C16H19N3O5/c1-10-18-13(19-24-10)8-23-12-6-4-5-11(7-12)14(20)17-9-16(2,3)15(21)22/h4-7H,8-9H2,1-3H3,(H,17,20)(H,21,22). The normalized spacial score (nSPS) is 11.1. The summed E-state index contributed by atoms with van der Waals surface area (Å²) >= 11 is 0. The van der Waals surface area contributed by atoms with Gasteiger partial charge in [-0.2, -0.15) is 4.98 Å². The van der Waals surface area contributed by atoms with Crippen molar-refractivity contribution in [2.45, 2.75) is 27.4 Å². The van der Waals surface area contributed by atoms with Crippen LogP contribution in [0.15, 0.2) is 28.8 Å². The van der Waals surface area contributed by atoms with E-state index in [1.807, 2.05) is 0 Å². The summed E-state index contributed by atoms with van der Waals surface area (Å²) in [6.07, 6.45) is 0. The summed E-state index contributed by atoms with van der Waals surface area (Å²) in [7, 11) is 0. The quantitative estimate of drug-likeness (QED) is 0.794. The van der Waals surface area contributed by atoms with Crippen molar-refractivity contribution in [3.05, 3.63) is 41.5 Å². The van der Waals surface area contributed by atoms with Crippen LogP contribution in [-0.4, -0.2) is 33.7 Å². The summed E-state index contributed by atoms with van der Waals surface area (Å²) in [5, 5.41) is 15.4. The highest BCUT2D eigenvalue weighted by atomic mass is 16.5. The molecule has 0 radical (unpaired) electrons. The first-order valence-corrected chi connectivity index (χ1v) is 7.31. The molecule has 0 saturated heterocycles. The van der Waals surface area contributed by atoms with Gasteiger partial charge in [0.25, 0.3) is 5.91 Å². The first-order valence-electron chi connectivity index (χ1n) is 7.31. The maximum Gasteiger partial charge on any atom is 0.310 e. The number of hydrogen-bond donors (Lipinski definition) is 2. The van der Waals surface area contributed by atoms with Crippen LogP contribution in [0.5, 0.6) is 5.75 Å². The Kier molecular flexibility index (Phi) is 5.18. The monoisotopic (exact) mass is 333 g/mol. The second-order valence-corrected chi connectivity index (χ2v) is 5.92. The molecule has 8 heteroatoms. The number of aromatic nitrogens is 2. The van der Waals surface area contributed by atoms with E-state index in [2.05, 4.69) is 15.5 Å². The minimum Gasteiger partial charge on any atom is -0.485 e. The molecule has 2 rings (SSSR count). The molecule has 0 unspecified atom stereocenters. The van der Waals surface area contributed by atoms with Crippen LogP contribution in [0.4, 0.5) is 0 Å². The molecule has 0 fully saturated rings. The zero-order chi connectivity index (χ0) is 17.7. The van der Waals surface area contributed by atoms with E-state index in [0.29, 0.717) is 23.0 Å². The zero-order valence-electron chi connectivity index (χ0n) is 13.7. The lowest BCUT2D eigenvalue weighted by atomic mass is 9.94. The molecule has 0 atom stereocenters. The largest absolute Gasteiger partial charge is 0.485 e. The number of carboxylic acid groups (broad SMARTS) is 1. The SMILES string of the molecule is Cc1nc(COc2cccc(C(=O)NCC(C)(C)C(=O)O)c2)no1. The number of nitrogens with zero attached hydrogens (tertiary/aromatic N) is 2. The number of amides is 1. The van der Waals surface area contributed by atoms with Gasteiger partial charge in [-0.25, -0.2) is 0 Å². The summed E-state index contributed by atoms with van der Waals surface area (Å²) in [5.41, 5.74) is -0.668. The van der Waals surface area contributed by atoms with E-state index >= 15 is 0 Å². The number of aliphatic carboxylic acids is 1. The summed E-state index contributed by atoms with van der Waals surface area (Å²) in [4.78, 5) is 27.2. The van der Waals surface area contributed by atoms with E-state index in [-0.39, 0.29) is 19.1 Å². The van der Waals surface area contributed by atoms with Gasteiger partial charge in [0.2, 0.25) is 11.7 Å². The third kappa shape index (κ3) is 4.55. The van der Waals surface area contributed by atoms with E-state index in [0.717, 1.165) is 0 Å². The molecule has 0 bridgehead atoms. The summed E-state index contributed by atoms with van der Waals surface area (Å²) in [6, 6.07) is 6.56. The lowest BCUT2D eigenvalue weighted by Gasteiger charge is -2.19. The highest BCUT2D eigenvalue weighted by Gasteiger charge is 2.27. The van der Waals surface area contributed by atoms with Gasteiger partial charge in [-0.05, 0) is 32.0 Å². The Morgan fingerprint density at radius 1 is 1.38 bits per heavy atom. The molecule has 24 heavy (non-hydrogen) atoms. The highest BCUT2D eigenvalue weighted by molar-refractivity contribution is 5.94. The van der Waals surface area contributed by atoms with Crippen LogP contribution in [0, 0.1) is 12.3 Å². The maximum absolute atomic E-state index is 12.1. The molecule has 0 aliphatic rings. The van der Waals surface area contributed by atoms with Crippen LogP contribution in [0.25, 0.3) is 0 Å². The molecule has 1 heterocycles. The molecule has 1 aromatic carbocycles. The fraction of sp³-hybridized carbons (Fsp3) is 0.375. The van der Waals surface area contributed by atoms with Crippen molar-refractivity contribution < 1.29 is 24.0 Å². The minimum atomic E-state index is -1.04. The van der Waals surface area contributed by atoms with Crippen molar-refractivity contribution >= 4 is 11.9 Å². The number of benzene rings is 1. The van der Waals surface area contributed by atoms with Gasteiger partial charge < -0.3 is 19.7 Å². The molecule has 1 amide bonds. The molecule has 1 aromatic heterocycles. The van der Waals surface area contributed by atoms with Gasteiger partial charge in [-0.15, -0.1) is 0 Å². The lowest BCUT2D eigenvalue weighted by molar-refractivity contribution is -0.146. The van der Waals surface area contributed by atoms with Crippen molar-refractivity contribution in [1.82, 2.24) is 15.5 Å². The summed E-state index contributed by atoms with van der Waals surface area (Å²) in [5.74, 6) is -0.0172. The number of carbonyl (C=O) groups excluding carboxylic acids is 1. The fourth-order valence-electron chi connectivity index (χ4n) is 1.75. The molecular formula is C16H19N3O5. The number of ether oxygens (including phenoxy) is 1. The van der Waals surface area contributed by atoms with Gasteiger partial charge in [0.05, 0.1) is 5.41 Å². The predicted octanol–water partition coefficient (Wildman–Crippen LogP) is 1.80. The highest BCUT2D eigenvalue weighted by Crippen LogP contribution is 2.16. The van der Waals surface area contributed by atoms with Gasteiger partial charge in [0.1, 0.15) is 5.75 Å². The van der Waals surface area contributed by atoms with Gasteiger partial charge >= 0.3 is 5.97 Å². The third-order valence-electron chi connectivity index (χ3n) is 3.30.